The summed E-state index contributed by atoms with van der Waals surface area (Å²) < 4.78 is 32.7. The van der Waals surface area contributed by atoms with Crippen molar-refractivity contribution in [3.05, 3.63) is 0 Å². The smallest absolute Gasteiger partial charge is 0.337 e. The predicted octanol–water partition coefficient (Wildman–Crippen LogP) is 2.53. The highest BCUT2D eigenvalue weighted by Crippen LogP contribution is 2.47. The largest absolute Gasteiger partial charge is 0.438 e. The molecule has 0 unspecified atom stereocenters. The van der Waals surface area contributed by atoms with E-state index in [0.717, 1.165) is 0 Å². The van der Waals surface area contributed by atoms with Gasteiger partial charge >= 0.3 is 19.5 Å². The first kappa shape index (κ1) is 23.1. The maximum Gasteiger partial charge on any atom is 0.337 e. The zero-order valence-corrected chi connectivity index (χ0v) is 16.5. The Bertz CT molecular complexity index is 429. The van der Waals surface area contributed by atoms with Crippen molar-refractivity contribution >= 4 is 19.5 Å². The average molecular weight is 367 g/mol. The van der Waals surface area contributed by atoms with Gasteiger partial charge in [-0.05, 0) is 48.6 Å². The maximum absolute atomic E-state index is 12.6. The number of carbonyl (C=O) groups is 2. The molecular weight excluding hydrogens is 337 g/mol. The van der Waals surface area contributed by atoms with Crippen LogP contribution in [0.3, 0.4) is 0 Å². The Morgan fingerprint density at radius 3 is 1.54 bits per heavy atom. The fraction of sp³-hybridized carbons (Fsp3) is 0.867. The molecule has 0 aromatic rings. The minimum Gasteiger partial charge on any atom is -0.438 e. The summed E-state index contributed by atoms with van der Waals surface area (Å²) in [6.45, 7) is 9.52. The molecule has 0 saturated heterocycles. The number of carbonyl (C=O) groups excluding carboxylic acids is 2. The molecule has 0 bridgehead atoms. The van der Waals surface area contributed by atoms with Gasteiger partial charge in [0.2, 0.25) is 13.6 Å². The first-order valence-corrected chi connectivity index (χ1v) is 9.42. The van der Waals surface area contributed by atoms with Gasteiger partial charge in [-0.25, -0.2) is 0 Å². The molecule has 142 valence electrons. The Morgan fingerprint density at radius 2 is 1.25 bits per heavy atom. The summed E-state index contributed by atoms with van der Waals surface area (Å²) in [7, 11) is -1.89. The number of hydrogen-bond acceptors (Lipinski definition) is 8. The van der Waals surface area contributed by atoms with Crippen molar-refractivity contribution in [2.45, 2.75) is 41.5 Å². The lowest BCUT2D eigenvalue weighted by molar-refractivity contribution is -0.162. The van der Waals surface area contributed by atoms with Gasteiger partial charge in [0, 0.05) is 6.54 Å². The fourth-order valence-electron chi connectivity index (χ4n) is 1.17. The highest BCUT2D eigenvalue weighted by atomic mass is 31.2. The molecule has 0 aliphatic carbocycles. The van der Waals surface area contributed by atoms with Crippen molar-refractivity contribution in [3.8, 4) is 0 Å². The quantitative estimate of drug-likeness (QED) is 0.377. The van der Waals surface area contributed by atoms with Crippen molar-refractivity contribution in [1.29, 1.82) is 0 Å². The lowest BCUT2D eigenvalue weighted by atomic mass is 9.98. The summed E-state index contributed by atoms with van der Waals surface area (Å²) in [4.78, 5) is 23.3. The summed E-state index contributed by atoms with van der Waals surface area (Å²) in [5.74, 6) is -0.969. The van der Waals surface area contributed by atoms with Crippen LogP contribution < -0.4 is 5.32 Å². The molecule has 0 atom stereocenters. The van der Waals surface area contributed by atoms with E-state index >= 15 is 0 Å². The number of esters is 2. The Kier molecular flexibility index (Phi) is 9.14. The van der Waals surface area contributed by atoms with E-state index in [4.69, 9.17) is 18.5 Å². The highest BCUT2D eigenvalue weighted by molar-refractivity contribution is 7.53. The maximum atomic E-state index is 12.6. The molecule has 0 saturated carbocycles. The van der Waals surface area contributed by atoms with Crippen molar-refractivity contribution in [1.82, 2.24) is 5.32 Å². The van der Waals surface area contributed by atoms with Gasteiger partial charge < -0.3 is 14.8 Å². The van der Waals surface area contributed by atoms with Crippen LogP contribution in [0.5, 0.6) is 0 Å². The van der Waals surface area contributed by atoms with E-state index in [-0.39, 0.29) is 6.16 Å². The SMILES string of the molecule is CNCCP(=O)(OCOC(=O)C(C)(C)C)OCOC(=O)C(C)(C)C. The summed E-state index contributed by atoms with van der Waals surface area (Å²) >= 11 is 0. The second-order valence-electron chi connectivity index (χ2n) is 7.30. The molecule has 0 aromatic carbocycles. The van der Waals surface area contributed by atoms with Crippen molar-refractivity contribution < 1.29 is 32.7 Å². The van der Waals surface area contributed by atoms with Crippen LogP contribution in [0, 0.1) is 10.8 Å². The standard InChI is InChI=1S/C15H30NO7P/c1-14(2,3)12(17)20-10-22-24(19,9-8-16-7)23-11-21-13(18)15(4,5)6/h16H,8-11H2,1-7H3. The summed E-state index contributed by atoms with van der Waals surface area (Å²) in [5, 5.41) is 2.82. The Labute approximate surface area is 144 Å². The van der Waals surface area contributed by atoms with Gasteiger partial charge in [0.1, 0.15) is 0 Å². The summed E-state index contributed by atoms with van der Waals surface area (Å²) in [6, 6.07) is 0. The van der Waals surface area contributed by atoms with Crippen molar-refractivity contribution in [3.63, 3.8) is 0 Å². The topological polar surface area (TPSA) is 100 Å². The molecule has 0 aromatic heterocycles. The third-order valence-electron chi connectivity index (χ3n) is 2.74. The highest BCUT2D eigenvalue weighted by Gasteiger charge is 2.29. The van der Waals surface area contributed by atoms with E-state index in [9.17, 15) is 14.2 Å². The third kappa shape index (κ3) is 9.37. The normalized spacial score (nSPS) is 12.8. The van der Waals surface area contributed by atoms with Gasteiger partial charge in [0.15, 0.2) is 0 Å². The molecule has 0 fully saturated rings. The van der Waals surface area contributed by atoms with Gasteiger partial charge in [0.25, 0.3) is 0 Å². The van der Waals surface area contributed by atoms with Gasteiger partial charge in [-0.2, -0.15) is 0 Å². The molecule has 0 heterocycles. The average Bonchev–Trinajstić information content (AvgIpc) is 2.43. The molecule has 24 heavy (non-hydrogen) atoms. The Morgan fingerprint density at radius 1 is 0.875 bits per heavy atom. The zero-order chi connectivity index (χ0) is 19.0. The molecule has 1 N–H and O–H groups in total. The van der Waals surface area contributed by atoms with Gasteiger partial charge in [0.05, 0.1) is 17.0 Å². The third-order valence-corrected chi connectivity index (χ3v) is 4.51. The summed E-state index contributed by atoms with van der Waals surface area (Å²) in [5.41, 5.74) is -1.39. The van der Waals surface area contributed by atoms with Crippen LogP contribution in [-0.2, 0) is 32.7 Å². The lowest BCUT2D eigenvalue weighted by Crippen LogP contribution is -2.25. The first-order chi connectivity index (χ1) is 10.8. The van der Waals surface area contributed by atoms with E-state index < -0.39 is 44.0 Å². The fourth-order valence-corrected chi connectivity index (χ4v) is 2.43. The van der Waals surface area contributed by atoms with Crippen LogP contribution in [0.25, 0.3) is 0 Å². The van der Waals surface area contributed by atoms with Gasteiger partial charge in [-0.15, -0.1) is 0 Å². The number of hydrogen-bond donors (Lipinski definition) is 1. The van der Waals surface area contributed by atoms with E-state index in [2.05, 4.69) is 5.32 Å². The molecule has 0 amide bonds. The molecular formula is C15H30NO7P. The van der Waals surface area contributed by atoms with E-state index in [0.29, 0.717) is 6.54 Å². The van der Waals surface area contributed by atoms with Crippen LogP contribution in [0.4, 0.5) is 0 Å². The monoisotopic (exact) mass is 367 g/mol. The van der Waals surface area contributed by atoms with Crippen LogP contribution in [-0.4, -0.2) is 45.3 Å². The van der Waals surface area contributed by atoms with E-state index in [1.165, 1.54) is 0 Å². The molecule has 0 rings (SSSR count). The molecule has 0 radical (unpaired) electrons. The lowest BCUT2D eigenvalue weighted by Gasteiger charge is -2.22. The van der Waals surface area contributed by atoms with E-state index in [1.54, 1.807) is 48.6 Å². The number of nitrogens with one attached hydrogen (secondary N) is 1. The second-order valence-corrected chi connectivity index (χ2v) is 9.48. The molecule has 0 spiro atoms. The van der Waals surface area contributed by atoms with Gasteiger partial charge in [-0.1, -0.05) is 0 Å². The molecule has 0 aliphatic heterocycles. The number of rotatable bonds is 9. The molecule has 0 aliphatic rings. The number of ether oxygens (including phenoxy) is 2. The predicted molar refractivity (Wildman–Crippen MR) is 89.4 cm³/mol. The van der Waals surface area contributed by atoms with Crippen LogP contribution >= 0.6 is 7.60 Å². The summed E-state index contributed by atoms with van der Waals surface area (Å²) in [6.07, 6.45) is 0.0453. The Hall–Kier alpha value is -0.950. The zero-order valence-electron chi connectivity index (χ0n) is 15.6. The minimum absolute atomic E-state index is 0.0453. The molecule has 8 nitrogen and oxygen atoms in total. The van der Waals surface area contributed by atoms with Crippen LogP contribution in [0.15, 0.2) is 0 Å². The molecule has 9 heteroatoms. The first-order valence-electron chi connectivity index (χ1n) is 7.69. The van der Waals surface area contributed by atoms with Crippen LogP contribution in [0.1, 0.15) is 41.5 Å². The van der Waals surface area contributed by atoms with Crippen molar-refractivity contribution in [2.24, 2.45) is 10.8 Å². The Balaban J connectivity index is 4.53. The van der Waals surface area contributed by atoms with E-state index in [1.807, 2.05) is 0 Å². The van der Waals surface area contributed by atoms with Crippen molar-refractivity contribution in [2.75, 3.05) is 33.3 Å². The van der Waals surface area contributed by atoms with Crippen LogP contribution in [0.2, 0.25) is 0 Å². The van der Waals surface area contributed by atoms with Gasteiger partial charge in [-0.3, -0.25) is 23.2 Å². The second kappa shape index (κ2) is 9.51. The minimum atomic E-state index is -3.57.